The highest BCUT2D eigenvalue weighted by Gasteiger charge is 2.15. The second-order valence-corrected chi connectivity index (χ2v) is 3.25. The lowest BCUT2D eigenvalue weighted by Crippen LogP contribution is -2.30. The van der Waals surface area contributed by atoms with Crippen molar-refractivity contribution in [2.45, 2.75) is 6.54 Å². The second-order valence-electron chi connectivity index (χ2n) is 2.47. The van der Waals surface area contributed by atoms with Crippen LogP contribution >= 0.6 is 23.8 Å². The average molecular weight is 200 g/mol. The van der Waals surface area contributed by atoms with Crippen LogP contribution in [0.2, 0.25) is 5.02 Å². The first-order chi connectivity index (χ1) is 5.77. The van der Waals surface area contributed by atoms with Crippen molar-refractivity contribution in [3.8, 4) is 5.75 Å². The van der Waals surface area contributed by atoms with Gasteiger partial charge in [0, 0.05) is 12.1 Å². The SMILES string of the molecule is S=C1NCc2cccc(Cl)c2O1. The molecule has 0 atom stereocenters. The predicted molar refractivity (Wildman–Crippen MR) is 51.5 cm³/mol. The Kier molecular flexibility index (Phi) is 1.90. The van der Waals surface area contributed by atoms with Crippen molar-refractivity contribution < 1.29 is 4.74 Å². The highest BCUT2D eigenvalue weighted by molar-refractivity contribution is 7.80. The van der Waals surface area contributed by atoms with Crippen LogP contribution < -0.4 is 10.1 Å². The first kappa shape index (κ1) is 7.83. The molecule has 1 aliphatic rings. The first-order valence-corrected chi connectivity index (χ1v) is 4.29. The molecule has 0 saturated carbocycles. The Hall–Kier alpha value is -0.800. The molecule has 0 aliphatic carbocycles. The lowest BCUT2D eigenvalue weighted by atomic mass is 10.2. The van der Waals surface area contributed by atoms with Crippen LogP contribution in [0.5, 0.6) is 5.75 Å². The molecule has 1 heterocycles. The number of nitrogens with one attached hydrogen (secondary N) is 1. The van der Waals surface area contributed by atoms with Crippen molar-refractivity contribution in [1.29, 1.82) is 0 Å². The molecule has 0 aromatic heterocycles. The van der Waals surface area contributed by atoms with Crippen molar-refractivity contribution in [2.75, 3.05) is 0 Å². The number of benzene rings is 1. The number of halogens is 1. The van der Waals surface area contributed by atoms with Crippen LogP contribution in [0.25, 0.3) is 0 Å². The van der Waals surface area contributed by atoms with E-state index < -0.39 is 0 Å². The van der Waals surface area contributed by atoms with Gasteiger partial charge in [-0.2, -0.15) is 0 Å². The van der Waals surface area contributed by atoms with Gasteiger partial charge in [-0.1, -0.05) is 23.7 Å². The van der Waals surface area contributed by atoms with Crippen LogP contribution in [-0.2, 0) is 6.54 Å². The Morgan fingerprint density at radius 2 is 2.33 bits per heavy atom. The number of hydrogen-bond acceptors (Lipinski definition) is 2. The summed E-state index contributed by atoms with van der Waals surface area (Å²) in [5.74, 6) is 0.683. The number of rotatable bonds is 0. The Morgan fingerprint density at radius 3 is 3.17 bits per heavy atom. The van der Waals surface area contributed by atoms with Gasteiger partial charge >= 0.3 is 0 Å². The lowest BCUT2D eigenvalue weighted by Gasteiger charge is -2.19. The number of fused-ring (bicyclic) bond motifs is 1. The fraction of sp³-hybridized carbons (Fsp3) is 0.125. The normalized spacial score (nSPS) is 14.6. The van der Waals surface area contributed by atoms with Crippen molar-refractivity contribution in [2.24, 2.45) is 0 Å². The molecule has 62 valence electrons. The molecule has 1 aliphatic heterocycles. The number of para-hydroxylation sites is 1. The van der Waals surface area contributed by atoms with E-state index in [1.165, 1.54) is 0 Å². The van der Waals surface area contributed by atoms with E-state index in [4.69, 9.17) is 28.6 Å². The average Bonchev–Trinajstić information content (AvgIpc) is 2.07. The first-order valence-electron chi connectivity index (χ1n) is 3.50. The maximum absolute atomic E-state index is 5.90. The smallest absolute Gasteiger partial charge is 0.262 e. The van der Waals surface area contributed by atoms with Gasteiger partial charge < -0.3 is 10.1 Å². The van der Waals surface area contributed by atoms with E-state index >= 15 is 0 Å². The molecule has 0 bridgehead atoms. The standard InChI is InChI=1S/C8H6ClNOS/c9-6-3-1-2-5-4-10-8(12)11-7(5)6/h1-3H,4H2,(H,10,12). The molecule has 0 fully saturated rings. The molecule has 0 radical (unpaired) electrons. The molecule has 0 saturated heterocycles. The van der Waals surface area contributed by atoms with Gasteiger partial charge in [0.15, 0.2) is 5.75 Å². The van der Waals surface area contributed by atoms with Crippen molar-refractivity contribution in [3.63, 3.8) is 0 Å². The van der Waals surface area contributed by atoms with Crippen LogP contribution in [0.3, 0.4) is 0 Å². The summed E-state index contributed by atoms with van der Waals surface area (Å²) in [4.78, 5) is 0. The summed E-state index contributed by atoms with van der Waals surface area (Å²) in [6.07, 6.45) is 0. The van der Waals surface area contributed by atoms with E-state index in [1.54, 1.807) is 6.07 Å². The summed E-state index contributed by atoms with van der Waals surface area (Å²) in [5, 5.41) is 3.91. The van der Waals surface area contributed by atoms with Gasteiger partial charge in [-0.15, -0.1) is 0 Å². The fourth-order valence-corrected chi connectivity index (χ4v) is 1.49. The molecule has 12 heavy (non-hydrogen) atoms. The third-order valence-corrected chi connectivity index (χ3v) is 2.19. The number of thiocarbonyl (C=S) groups is 1. The molecule has 1 aromatic rings. The topological polar surface area (TPSA) is 21.3 Å². The fourth-order valence-electron chi connectivity index (χ4n) is 1.10. The Balaban J connectivity index is 2.50. The minimum Gasteiger partial charge on any atom is -0.430 e. The molecule has 2 nitrogen and oxygen atoms in total. The Labute approximate surface area is 80.5 Å². The van der Waals surface area contributed by atoms with Gasteiger partial charge in [-0.3, -0.25) is 0 Å². The van der Waals surface area contributed by atoms with E-state index in [-0.39, 0.29) is 0 Å². The summed E-state index contributed by atoms with van der Waals surface area (Å²) < 4.78 is 5.25. The maximum Gasteiger partial charge on any atom is 0.262 e. The third-order valence-electron chi connectivity index (χ3n) is 1.67. The largest absolute Gasteiger partial charge is 0.430 e. The quantitative estimate of drug-likeness (QED) is 0.647. The zero-order valence-electron chi connectivity index (χ0n) is 6.13. The van der Waals surface area contributed by atoms with Gasteiger partial charge in [-0.05, 0) is 18.3 Å². The van der Waals surface area contributed by atoms with Gasteiger partial charge in [-0.25, -0.2) is 0 Å². The Morgan fingerprint density at radius 1 is 1.50 bits per heavy atom. The van der Waals surface area contributed by atoms with Crippen molar-refractivity contribution in [1.82, 2.24) is 5.32 Å². The van der Waals surface area contributed by atoms with Crippen molar-refractivity contribution in [3.05, 3.63) is 28.8 Å². The van der Waals surface area contributed by atoms with Crippen molar-refractivity contribution >= 4 is 29.0 Å². The molecular weight excluding hydrogens is 194 g/mol. The minimum atomic E-state index is 0.385. The highest BCUT2D eigenvalue weighted by Crippen LogP contribution is 2.30. The minimum absolute atomic E-state index is 0.385. The number of ether oxygens (including phenoxy) is 1. The Bertz CT molecular complexity index is 340. The summed E-state index contributed by atoms with van der Waals surface area (Å²) >= 11 is 10.7. The van der Waals surface area contributed by atoms with E-state index in [9.17, 15) is 0 Å². The van der Waals surface area contributed by atoms with Crippen LogP contribution in [0, 0.1) is 0 Å². The monoisotopic (exact) mass is 199 g/mol. The second kappa shape index (κ2) is 2.92. The molecule has 2 rings (SSSR count). The van der Waals surface area contributed by atoms with Crippen LogP contribution in [0.15, 0.2) is 18.2 Å². The van der Waals surface area contributed by atoms with Gasteiger partial charge in [0.1, 0.15) is 0 Å². The maximum atomic E-state index is 5.90. The molecule has 4 heteroatoms. The van der Waals surface area contributed by atoms with E-state index in [1.807, 2.05) is 12.1 Å². The van der Waals surface area contributed by atoms with Crippen LogP contribution in [0.1, 0.15) is 5.56 Å². The predicted octanol–water partition coefficient (Wildman–Crippen LogP) is 2.11. The van der Waals surface area contributed by atoms with E-state index in [0.29, 0.717) is 22.5 Å². The molecule has 1 aromatic carbocycles. The van der Waals surface area contributed by atoms with Gasteiger partial charge in [0.2, 0.25) is 0 Å². The van der Waals surface area contributed by atoms with E-state index in [2.05, 4.69) is 5.32 Å². The van der Waals surface area contributed by atoms with E-state index in [0.717, 1.165) is 5.56 Å². The summed E-state index contributed by atoms with van der Waals surface area (Å²) in [5.41, 5.74) is 1.04. The highest BCUT2D eigenvalue weighted by atomic mass is 35.5. The zero-order chi connectivity index (χ0) is 8.55. The molecule has 0 spiro atoms. The molecular formula is C8H6ClNOS. The summed E-state index contributed by atoms with van der Waals surface area (Å²) in [6, 6.07) is 5.63. The van der Waals surface area contributed by atoms with Crippen LogP contribution in [-0.4, -0.2) is 5.17 Å². The molecule has 0 unspecified atom stereocenters. The van der Waals surface area contributed by atoms with Crippen LogP contribution in [0.4, 0.5) is 0 Å². The van der Waals surface area contributed by atoms with Gasteiger partial charge in [0.05, 0.1) is 5.02 Å². The third kappa shape index (κ3) is 1.26. The lowest BCUT2D eigenvalue weighted by molar-refractivity contribution is 0.498. The zero-order valence-corrected chi connectivity index (χ0v) is 7.71. The summed E-state index contributed by atoms with van der Waals surface area (Å²) in [7, 11) is 0. The molecule has 1 N–H and O–H groups in total. The summed E-state index contributed by atoms with van der Waals surface area (Å²) in [6.45, 7) is 0.689. The number of hydrogen-bond donors (Lipinski definition) is 1. The van der Waals surface area contributed by atoms with Gasteiger partial charge in [0.25, 0.3) is 5.17 Å². The molecule has 0 amide bonds.